The van der Waals surface area contributed by atoms with Crippen LogP contribution < -0.4 is 0 Å². The van der Waals surface area contributed by atoms with Crippen molar-refractivity contribution in [2.24, 2.45) is 0 Å². The predicted molar refractivity (Wildman–Crippen MR) is 71.3 cm³/mol. The van der Waals surface area contributed by atoms with Gasteiger partial charge in [0.15, 0.2) is 0 Å². The van der Waals surface area contributed by atoms with E-state index in [1.54, 1.807) is 0 Å². The first-order valence-electron chi connectivity index (χ1n) is 6.19. The topological polar surface area (TPSA) is 74.6 Å². The lowest BCUT2D eigenvalue weighted by atomic mass is 10.1. The Labute approximate surface area is 117 Å². The quantitative estimate of drug-likeness (QED) is 0.449. The predicted octanol–water partition coefficient (Wildman–Crippen LogP) is 3.84. The van der Waals surface area contributed by atoms with Crippen molar-refractivity contribution in [2.45, 2.75) is 62.1 Å². The van der Waals surface area contributed by atoms with Crippen molar-refractivity contribution in [1.82, 2.24) is 0 Å². The van der Waals surface area contributed by atoms with Crippen LogP contribution in [-0.2, 0) is 9.59 Å². The number of carboxylic acid groups (broad SMARTS) is 2. The van der Waals surface area contributed by atoms with E-state index >= 15 is 0 Å². The number of carbonyl (C=O) groups is 2. The van der Waals surface area contributed by atoms with E-state index in [-0.39, 0.29) is 12.8 Å². The highest BCUT2D eigenvalue weighted by atomic mass is 35.5. The van der Waals surface area contributed by atoms with Crippen molar-refractivity contribution in [3.8, 4) is 0 Å². The fourth-order valence-electron chi connectivity index (χ4n) is 1.61. The minimum atomic E-state index is -1.67. The molecule has 0 atom stereocenters. The number of unbranched alkanes of at least 4 members (excludes halogenated alkanes) is 6. The third-order valence-corrected chi connectivity index (χ3v) is 3.40. The van der Waals surface area contributed by atoms with Crippen LogP contribution in [0.3, 0.4) is 0 Å². The van der Waals surface area contributed by atoms with E-state index in [0.717, 1.165) is 38.5 Å². The molecule has 0 aromatic carbocycles. The van der Waals surface area contributed by atoms with Crippen LogP contribution in [0.15, 0.2) is 0 Å². The number of rotatable bonds is 11. The van der Waals surface area contributed by atoms with Crippen LogP contribution in [0.4, 0.5) is 0 Å². The molecule has 0 unspecified atom stereocenters. The van der Waals surface area contributed by atoms with Gasteiger partial charge in [0.05, 0.1) is 0 Å². The first-order chi connectivity index (χ1) is 8.36. The second kappa shape index (κ2) is 9.45. The van der Waals surface area contributed by atoms with E-state index < -0.39 is 16.3 Å². The average molecular weight is 299 g/mol. The number of hydrogen-bond acceptors (Lipinski definition) is 2. The molecule has 0 aliphatic heterocycles. The van der Waals surface area contributed by atoms with Gasteiger partial charge in [-0.25, -0.2) is 4.79 Å². The first-order valence-corrected chi connectivity index (χ1v) is 6.95. The zero-order chi connectivity index (χ0) is 14.0. The van der Waals surface area contributed by atoms with Crippen LogP contribution >= 0.6 is 23.2 Å². The van der Waals surface area contributed by atoms with E-state index in [0.29, 0.717) is 6.42 Å². The van der Waals surface area contributed by atoms with Crippen LogP contribution in [0.2, 0.25) is 0 Å². The van der Waals surface area contributed by atoms with E-state index in [4.69, 9.17) is 33.4 Å². The molecular weight excluding hydrogens is 279 g/mol. The molecule has 18 heavy (non-hydrogen) atoms. The van der Waals surface area contributed by atoms with Crippen LogP contribution in [0.1, 0.15) is 57.8 Å². The Morgan fingerprint density at radius 3 is 1.72 bits per heavy atom. The average Bonchev–Trinajstić information content (AvgIpc) is 2.26. The van der Waals surface area contributed by atoms with Gasteiger partial charge in [0.25, 0.3) is 0 Å². The Kier molecular flexibility index (Phi) is 9.20. The number of aliphatic carboxylic acids is 2. The second-order valence-corrected chi connectivity index (χ2v) is 5.86. The molecule has 0 saturated carbocycles. The number of carboxylic acids is 2. The summed E-state index contributed by atoms with van der Waals surface area (Å²) >= 11 is 11.2. The van der Waals surface area contributed by atoms with Gasteiger partial charge in [-0.1, -0.05) is 55.3 Å². The Hall–Kier alpha value is -0.480. The van der Waals surface area contributed by atoms with Crippen LogP contribution in [0, 0.1) is 0 Å². The van der Waals surface area contributed by atoms with E-state index in [1.807, 2.05) is 0 Å². The number of halogens is 2. The van der Waals surface area contributed by atoms with E-state index in [1.165, 1.54) is 0 Å². The summed E-state index contributed by atoms with van der Waals surface area (Å²) in [6, 6.07) is 0. The van der Waals surface area contributed by atoms with Crippen molar-refractivity contribution in [3.63, 3.8) is 0 Å². The molecule has 0 aromatic heterocycles. The van der Waals surface area contributed by atoms with Gasteiger partial charge in [-0.2, -0.15) is 0 Å². The van der Waals surface area contributed by atoms with Gasteiger partial charge in [0.1, 0.15) is 0 Å². The number of alkyl halides is 2. The standard InChI is InChI=1S/C12H20Cl2O4/c13-12(14,11(17)18)9-7-5-3-1-2-4-6-8-10(15)16/h1-9H2,(H,15,16)(H,17,18). The molecule has 0 bridgehead atoms. The molecule has 0 aliphatic rings. The lowest BCUT2D eigenvalue weighted by Crippen LogP contribution is -2.25. The summed E-state index contributed by atoms with van der Waals surface area (Å²) in [6.07, 6.45) is 6.77. The molecule has 0 fully saturated rings. The van der Waals surface area contributed by atoms with E-state index in [2.05, 4.69) is 0 Å². The molecule has 2 N–H and O–H groups in total. The SMILES string of the molecule is O=C(O)CCCCCCCCCC(Cl)(Cl)C(=O)O. The monoisotopic (exact) mass is 298 g/mol. The fourth-order valence-corrected chi connectivity index (χ4v) is 1.88. The van der Waals surface area contributed by atoms with E-state index in [9.17, 15) is 9.59 Å². The van der Waals surface area contributed by atoms with Crippen molar-refractivity contribution in [3.05, 3.63) is 0 Å². The summed E-state index contributed by atoms with van der Waals surface area (Å²) in [6.45, 7) is 0. The molecule has 0 spiro atoms. The Balaban J connectivity index is 3.31. The smallest absolute Gasteiger partial charge is 0.340 e. The van der Waals surface area contributed by atoms with Gasteiger partial charge in [-0.3, -0.25) is 4.79 Å². The maximum absolute atomic E-state index is 10.6. The third kappa shape index (κ3) is 9.54. The zero-order valence-corrected chi connectivity index (χ0v) is 11.8. The van der Waals surface area contributed by atoms with Crippen molar-refractivity contribution < 1.29 is 19.8 Å². The molecule has 106 valence electrons. The zero-order valence-electron chi connectivity index (χ0n) is 10.3. The third-order valence-electron chi connectivity index (χ3n) is 2.69. The van der Waals surface area contributed by atoms with Gasteiger partial charge in [-0.05, 0) is 19.3 Å². The Bertz CT molecular complexity index is 267. The molecule has 6 heteroatoms. The first kappa shape index (κ1) is 17.5. The highest BCUT2D eigenvalue weighted by Gasteiger charge is 2.32. The maximum atomic E-state index is 10.6. The lowest BCUT2D eigenvalue weighted by molar-refractivity contribution is -0.138. The normalized spacial score (nSPS) is 11.4. The van der Waals surface area contributed by atoms with Crippen molar-refractivity contribution in [1.29, 1.82) is 0 Å². The van der Waals surface area contributed by atoms with Gasteiger partial charge in [0.2, 0.25) is 4.33 Å². The van der Waals surface area contributed by atoms with Gasteiger partial charge in [0, 0.05) is 6.42 Å². The highest BCUT2D eigenvalue weighted by Crippen LogP contribution is 2.28. The van der Waals surface area contributed by atoms with Crippen molar-refractivity contribution in [2.75, 3.05) is 0 Å². The van der Waals surface area contributed by atoms with Gasteiger partial charge >= 0.3 is 11.9 Å². The molecule has 0 aromatic rings. The lowest BCUT2D eigenvalue weighted by Gasteiger charge is -2.13. The molecule has 0 amide bonds. The molecule has 0 heterocycles. The fraction of sp³-hybridized carbons (Fsp3) is 0.833. The molecular formula is C12H20Cl2O4. The summed E-state index contributed by atoms with van der Waals surface area (Å²) < 4.78 is -1.67. The summed E-state index contributed by atoms with van der Waals surface area (Å²) in [7, 11) is 0. The van der Waals surface area contributed by atoms with Gasteiger partial charge < -0.3 is 10.2 Å². The second-order valence-electron chi connectivity index (χ2n) is 4.38. The molecule has 0 aliphatic carbocycles. The van der Waals surface area contributed by atoms with Crippen molar-refractivity contribution >= 4 is 35.1 Å². The maximum Gasteiger partial charge on any atom is 0.340 e. The van der Waals surface area contributed by atoms with Gasteiger partial charge in [-0.15, -0.1) is 0 Å². The molecule has 4 nitrogen and oxygen atoms in total. The molecule has 0 saturated heterocycles. The summed E-state index contributed by atoms with van der Waals surface area (Å²) in [4.78, 5) is 20.9. The minimum absolute atomic E-state index is 0.236. The Morgan fingerprint density at radius 1 is 0.833 bits per heavy atom. The number of hydrogen-bond donors (Lipinski definition) is 2. The Morgan fingerprint density at radius 2 is 1.28 bits per heavy atom. The highest BCUT2D eigenvalue weighted by molar-refractivity contribution is 6.57. The summed E-state index contributed by atoms with van der Waals surface area (Å²) in [5, 5.41) is 17.1. The van der Waals surface area contributed by atoms with Crippen LogP contribution in [0.5, 0.6) is 0 Å². The largest absolute Gasteiger partial charge is 0.481 e. The van der Waals surface area contributed by atoms with Crippen LogP contribution in [-0.4, -0.2) is 26.5 Å². The van der Waals surface area contributed by atoms with Crippen LogP contribution in [0.25, 0.3) is 0 Å². The minimum Gasteiger partial charge on any atom is -0.481 e. The molecule has 0 rings (SSSR count). The summed E-state index contributed by atoms with van der Waals surface area (Å²) in [5.41, 5.74) is 0. The molecule has 0 radical (unpaired) electrons. The summed E-state index contributed by atoms with van der Waals surface area (Å²) in [5.74, 6) is -1.94.